The fourth-order valence-corrected chi connectivity index (χ4v) is 3.05. The molecule has 1 aliphatic carbocycles. The van der Waals surface area contributed by atoms with Gasteiger partial charge >= 0.3 is 18.1 Å². The second-order valence-corrected chi connectivity index (χ2v) is 6.96. The molecule has 0 unspecified atom stereocenters. The number of benzene rings is 1. The summed E-state index contributed by atoms with van der Waals surface area (Å²) in [4.78, 5) is 34.9. The van der Waals surface area contributed by atoms with E-state index in [9.17, 15) is 14.4 Å². The van der Waals surface area contributed by atoms with E-state index in [-0.39, 0.29) is 25.1 Å². The Bertz CT molecular complexity index is 720. The Morgan fingerprint density at radius 1 is 1.03 bits per heavy atom. The van der Waals surface area contributed by atoms with Gasteiger partial charge in [0.1, 0.15) is 11.5 Å². The van der Waals surface area contributed by atoms with Crippen molar-refractivity contribution in [1.29, 1.82) is 0 Å². The zero-order chi connectivity index (χ0) is 21.1. The molecule has 0 heterocycles. The van der Waals surface area contributed by atoms with E-state index >= 15 is 0 Å². The number of aryl methyl sites for hydroxylation is 1. The van der Waals surface area contributed by atoms with Crippen molar-refractivity contribution >= 4 is 18.1 Å². The SMILES string of the molecule is C=CC(=O)OCCCCOC(=O)Oc1ccc(OC(=O)C2CCCCC2)c(C)c1. The van der Waals surface area contributed by atoms with Gasteiger partial charge in [0.25, 0.3) is 0 Å². The molecule has 0 amide bonds. The minimum atomic E-state index is -0.820. The van der Waals surface area contributed by atoms with Gasteiger partial charge in [-0.1, -0.05) is 25.8 Å². The van der Waals surface area contributed by atoms with Gasteiger partial charge in [0.2, 0.25) is 0 Å². The molecule has 0 aliphatic heterocycles. The third-order valence-corrected chi connectivity index (χ3v) is 4.67. The lowest BCUT2D eigenvalue weighted by molar-refractivity contribution is -0.140. The molecule has 1 saturated carbocycles. The number of hydrogen-bond donors (Lipinski definition) is 0. The Morgan fingerprint density at radius 2 is 1.72 bits per heavy atom. The highest BCUT2D eigenvalue weighted by molar-refractivity contribution is 5.81. The van der Waals surface area contributed by atoms with E-state index < -0.39 is 12.1 Å². The van der Waals surface area contributed by atoms with Crippen LogP contribution in [0.3, 0.4) is 0 Å². The highest BCUT2D eigenvalue weighted by Crippen LogP contribution is 2.28. The Balaban J connectivity index is 1.72. The van der Waals surface area contributed by atoms with E-state index in [0.717, 1.165) is 31.8 Å². The average Bonchev–Trinajstić information content (AvgIpc) is 2.72. The van der Waals surface area contributed by atoms with Gasteiger partial charge in [-0.2, -0.15) is 0 Å². The predicted molar refractivity (Wildman–Crippen MR) is 106 cm³/mol. The zero-order valence-electron chi connectivity index (χ0n) is 16.8. The van der Waals surface area contributed by atoms with Crippen LogP contribution in [0.15, 0.2) is 30.9 Å². The molecule has 0 atom stereocenters. The standard InChI is InChI=1S/C22H28O7/c1-3-20(23)26-13-7-8-14-27-22(25)28-18-11-12-19(16(2)15-18)29-21(24)17-9-5-4-6-10-17/h3,11-12,15,17H,1,4-10,13-14H2,2H3. The molecular formula is C22H28O7. The first kappa shape index (κ1) is 22.5. The van der Waals surface area contributed by atoms with Crippen LogP contribution in [0.1, 0.15) is 50.5 Å². The van der Waals surface area contributed by atoms with Crippen molar-refractivity contribution in [2.45, 2.75) is 51.9 Å². The molecule has 2 rings (SSSR count). The lowest BCUT2D eigenvalue weighted by Gasteiger charge is -2.20. The normalized spacial score (nSPS) is 14.0. The van der Waals surface area contributed by atoms with Crippen molar-refractivity contribution in [3.05, 3.63) is 36.4 Å². The first-order valence-corrected chi connectivity index (χ1v) is 9.95. The van der Waals surface area contributed by atoms with Gasteiger partial charge < -0.3 is 18.9 Å². The molecule has 29 heavy (non-hydrogen) atoms. The quantitative estimate of drug-likeness (QED) is 0.197. The van der Waals surface area contributed by atoms with Gasteiger partial charge in [-0.25, -0.2) is 9.59 Å². The minimum Gasteiger partial charge on any atom is -0.463 e. The van der Waals surface area contributed by atoms with Crippen molar-refractivity contribution in [1.82, 2.24) is 0 Å². The predicted octanol–water partition coefficient (Wildman–Crippen LogP) is 4.51. The monoisotopic (exact) mass is 404 g/mol. The minimum absolute atomic E-state index is 0.0330. The molecule has 0 saturated heterocycles. The number of rotatable bonds is 9. The summed E-state index contributed by atoms with van der Waals surface area (Å²) in [7, 11) is 0. The number of unbranched alkanes of at least 4 members (excludes halogenated alkanes) is 1. The van der Waals surface area contributed by atoms with E-state index in [1.165, 1.54) is 6.42 Å². The molecule has 0 aromatic heterocycles. The maximum Gasteiger partial charge on any atom is 0.513 e. The van der Waals surface area contributed by atoms with E-state index in [0.29, 0.717) is 29.9 Å². The van der Waals surface area contributed by atoms with Gasteiger partial charge in [0.15, 0.2) is 0 Å². The second kappa shape index (κ2) is 11.9. The molecule has 7 heteroatoms. The molecule has 0 N–H and O–H groups in total. The fraction of sp³-hybridized carbons (Fsp3) is 0.500. The van der Waals surface area contributed by atoms with Crippen molar-refractivity contribution in [2.24, 2.45) is 5.92 Å². The molecule has 1 aromatic rings. The lowest BCUT2D eigenvalue weighted by atomic mass is 9.89. The number of hydrogen-bond acceptors (Lipinski definition) is 7. The fourth-order valence-electron chi connectivity index (χ4n) is 3.05. The summed E-state index contributed by atoms with van der Waals surface area (Å²) >= 11 is 0. The Morgan fingerprint density at radius 3 is 2.38 bits per heavy atom. The first-order valence-electron chi connectivity index (χ1n) is 9.95. The first-order chi connectivity index (χ1) is 14.0. The van der Waals surface area contributed by atoms with Gasteiger partial charge in [0.05, 0.1) is 19.1 Å². The smallest absolute Gasteiger partial charge is 0.463 e. The lowest BCUT2D eigenvalue weighted by Crippen LogP contribution is -2.23. The Labute approximate surface area is 171 Å². The van der Waals surface area contributed by atoms with Crippen LogP contribution in [0.2, 0.25) is 0 Å². The van der Waals surface area contributed by atoms with Crippen LogP contribution in [0.25, 0.3) is 0 Å². The molecule has 1 fully saturated rings. The molecule has 0 spiro atoms. The highest BCUT2D eigenvalue weighted by atomic mass is 16.7. The third kappa shape index (κ3) is 7.97. The van der Waals surface area contributed by atoms with Crippen LogP contribution in [-0.2, 0) is 19.1 Å². The third-order valence-electron chi connectivity index (χ3n) is 4.67. The number of esters is 2. The second-order valence-electron chi connectivity index (χ2n) is 6.96. The molecule has 1 aliphatic rings. The zero-order valence-corrected chi connectivity index (χ0v) is 16.8. The van der Waals surface area contributed by atoms with Crippen LogP contribution in [0, 0.1) is 12.8 Å². The largest absolute Gasteiger partial charge is 0.513 e. The van der Waals surface area contributed by atoms with Crippen LogP contribution in [0.5, 0.6) is 11.5 Å². The number of ether oxygens (including phenoxy) is 4. The maximum atomic E-state index is 12.3. The van der Waals surface area contributed by atoms with Crippen molar-refractivity contribution < 1.29 is 33.3 Å². The van der Waals surface area contributed by atoms with Gasteiger partial charge in [-0.3, -0.25) is 4.79 Å². The van der Waals surface area contributed by atoms with E-state index in [2.05, 4.69) is 6.58 Å². The summed E-state index contributed by atoms with van der Waals surface area (Å²) in [5.74, 6) is 0.0720. The maximum absolute atomic E-state index is 12.3. The average molecular weight is 404 g/mol. The van der Waals surface area contributed by atoms with Crippen LogP contribution in [-0.4, -0.2) is 31.3 Å². The van der Waals surface area contributed by atoms with Crippen LogP contribution < -0.4 is 9.47 Å². The molecular weight excluding hydrogens is 376 g/mol. The van der Waals surface area contributed by atoms with Gasteiger partial charge in [-0.05, 0) is 56.4 Å². The van der Waals surface area contributed by atoms with Gasteiger partial charge in [-0.15, -0.1) is 0 Å². The molecule has 0 bridgehead atoms. The summed E-state index contributed by atoms with van der Waals surface area (Å²) < 4.78 is 20.5. The molecule has 1 aromatic carbocycles. The summed E-state index contributed by atoms with van der Waals surface area (Å²) in [5.41, 5.74) is 0.698. The summed E-state index contributed by atoms with van der Waals surface area (Å²) in [6.07, 6.45) is 6.43. The molecule has 0 radical (unpaired) electrons. The van der Waals surface area contributed by atoms with Crippen LogP contribution in [0.4, 0.5) is 4.79 Å². The van der Waals surface area contributed by atoms with E-state index in [1.807, 2.05) is 0 Å². The number of carbonyl (C=O) groups is 3. The Kier molecular flexibility index (Phi) is 9.21. The van der Waals surface area contributed by atoms with Crippen molar-refractivity contribution in [2.75, 3.05) is 13.2 Å². The summed E-state index contributed by atoms with van der Waals surface area (Å²) in [5, 5.41) is 0. The topological polar surface area (TPSA) is 88.1 Å². The molecule has 158 valence electrons. The highest BCUT2D eigenvalue weighted by Gasteiger charge is 2.23. The number of carbonyl (C=O) groups excluding carboxylic acids is 3. The van der Waals surface area contributed by atoms with Gasteiger partial charge in [0, 0.05) is 6.08 Å². The summed E-state index contributed by atoms with van der Waals surface area (Å²) in [6.45, 7) is 5.48. The van der Waals surface area contributed by atoms with Crippen molar-refractivity contribution in [3.8, 4) is 11.5 Å². The van der Waals surface area contributed by atoms with E-state index in [1.54, 1.807) is 25.1 Å². The molecule has 7 nitrogen and oxygen atoms in total. The Hall–Kier alpha value is -2.83. The van der Waals surface area contributed by atoms with Crippen molar-refractivity contribution in [3.63, 3.8) is 0 Å². The summed E-state index contributed by atoms with van der Waals surface area (Å²) in [6, 6.07) is 4.80. The van der Waals surface area contributed by atoms with E-state index in [4.69, 9.17) is 18.9 Å². The van der Waals surface area contributed by atoms with Crippen LogP contribution >= 0.6 is 0 Å².